The van der Waals surface area contributed by atoms with Gasteiger partial charge in [-0.2, -0.15) is 0 Å². The molecule has 0 spiro atoms. The number of benzene rings is 1. The highest BCUT2D eigenvalue weighted by Crippen LogP contribution is 2.37. The van der Waals surface area contributed by atoms with Crippen molar-refractivity contribution in [1.29, 1.82) is 0 Å². The normalized spacial score (nSPS) is 20.2. The second-order valence-electron chi connectivity index (χ2n) is 6.02. The summed E-state index contributed by atoms with van der Waals surface area (Å²) in [5, 5.41) is 4.47. The van der Waals surface area contributed by atoms with Crippen LogP contribution in [0, 0.1) is 12.3 Å². The van der Waals surface area contributed by atoms with E-state index in [0.717, 1.165) is 16.3 Å². The third-order valence-electron chi connectivity index (χ3n) is 3.89. The fourth-order valence-electron chi connectivity index (χ4n) is 2.52. The van der Waals surface area contributed by atoms with Gasteiger partial charge >= 0.3 is 0 Å². The number of nitrogens with one attached hydrogen (secondary N) is 1. The number of halogens is 1. The largest absolute Gasteiger partial charge is 0.381 e. The van der Waals surface area contributed by atoms with Crippen molar-refractivity contribution in [3.63, 3.8) is 0 Å². The molecule has 1 aromatic carbocycles. The van der Waals surface area contributed by atoms with Gasteiger partial charge in [-0.3, -0.25) is 0 Å². The first-order valence-corrected chi connectivity index (χ1v) is 6.87. The molecule has 0 saturated heterocycles. The predicted molar refractivity (Wildman–Crippen MR) is 75.8 cm³/mol. The van der Waals surface area contributed by atoms with Crippen LogP contribution in [0.15, 0.2) is 18.2 Å². The van der Waals surface area contributed by atoms with Crippen molar-refractivity contribution in [3.8, 4) is 0 Å². The Labute approximate surface area is 110 Å². The van der Waals surface area contributed by atoms with Crippen molar-refractivity contribution in [3.05, 3.63) is 28.8 Å². The SMILES string of the molecule is Cc1cccc(NC2CCC(C)(C)CC2)c1Cl. The lowest BCUT2D eigenvalue weighted by Crippen LogP contribution is -2.29. The van der Waals surface area contributed by atoms with E-state index in [4.69, 9.17) is 11.6 Å². The van der Waals surface area contributed by atoms with Gasteiger partial charge in [0.2, 0.25) is 0 Å². The minimum Gasteiger partial charge on any atom is -0.381 e. The van der Waals surface area contributed by atoms with Gasteiger partial charge in [-0.15, -0.1) is 0 Å². The Kier molecular flexibility index (Phi) is 3.67. The van der Waals surface area contributed by atoms with Gasteiger partial charge in [0.15, 0.2) is 0 Å². The summed E-state index contributed by atoms with van der Waals surface area (Å²) in [6, 6.07) is 6.78. The van der Waals surface area contributed by atoms with Crippen molar-refractivity contribution in [2.24, 2.45) is 5.41 Å². The molecule has 0 amide bonds. The van der Waals surface area contributed by atoms with Gasteiger partial charge in [-0.05, 0) is 49.7 Å². The van der Waals surface area contributed by atoms with Gasteiger partial charge in [0.05, 0.1) is 10.7 Å². The van der Waals surface area contributed by atoms with Gasteiger partial charge in [-0.25, -0.2) is 0 Å². The summed E-state index contributed by atoms with van der Waals surface area (Å²) < 4.78 is 0. The second kappa shape index (κ2) is 4.89. The highest BCUT2D eigenvalue weighted by Gasteiger charge is 2.26. The van der Waals surface area contributed by atoms with Crippen molar-refractivity contribution in [1.82, 2.24) is 0 Å². The maximum absolute atomic E-state index is 6.31. The Morgan fingerprint density at radius 2 is 1.88 bits per heavy atom. The molecule has 17 heavy (non-hydrogen) atoms. The lowest BCUT2D eigenvalue weighted by atomic mass is 9.75. The molecule has 1 aliphatic carbocycles. The minimum atomic E-state index is 0.522. The molecule has 1 aliphatic rings. The molecule has 0 heterocycles. The summed E-state index contributed by atoms with van der Waals surface area (Å²) in [4.78, 5) is 0. The minimum absolute atomic E-state index is 0.522. The summed E-state index contributed by atoms with van der Waals surface area (Å²) in [6.07, 6.45) is 5.09. The molecule has 94 valence electrons. The molecule has 0 aromatic heterocycles. The first-order valence-electron chi connectivity index (χ1n) is 6.50. The lowest BCUT2D eigenvalue weighted by molar-refractivity contribution is 0.232. The van der Waals surface area contributed by atoms with E-state index in [9.17, 15) is 0 Å². The fourth-order valence-corrected chi connectivity index (χ4v) is 2.70. The van der Waals surface area contributed by atoms with Crippen LogP contribution in [0.2, 0.25) is 5.02 Å². The second-order valence-corrected chi connectivity index (χ2v) is 6.40. The van der Waals surface area contributed by atoms with E-state index < -0.39 is 0 Å². The molecule has 0 aliphatic heterocycles. The molecule has 0 atom stereocenters. The molecule has 0 radical (unpaired) electrons. The van der Waals surface area contributed by atoms with Crippen molar-refractivity contribution < 1.29 is 0 Å². The van der Waals surface area contributed by atoms with Crippen LogP contribution in [0.4, 0.5) is 5.69 Å². The lowest BCUT2D eigenvalue weighted by Gasteiger charge is -2.35. The van der Waals surface area contributed by atoms with E-state index in [1.54, 1.807) is 0 Å². The van der Waals surface area contributed by atoms with E-state index in [1.165, 1.54) is 25.7 Å². The zero-order valence-electron chi connectivity index (χ0n) is 11.0. The number of anilines is 1. The maximum Gasteiger partial charge on any atom is 0.0666 e. The Bertz CT molecular complexity index is 388. The standard InChI is InChI=1S/C15H22ClN/c1-11-5-4-6-13(14(11)16)17-12-7-9-15(2,3)10-8-12/h4-6,12,17H,7-10H2,1-3H3. The number of rotatable bonds is 2. The van der Waals surface area contributed by atoms with Crippen LogP contribution < -0.4 is 5.32 Å². The summed E-state index contributed by atoms with van der Waals surface area (Å²) in [5.74, 6) is 0. The molecule has 0 unspecified atom stereocenters. The van der Waals surface area contributed by atoms with E-state index in [1.807, 2.05) is 0 Å². The highest BCUT2D eigenvalue weighted by molar-refractivity contribution is 6.34. The highest BCUT2D eigenvalue weighted by atomic mass is 35.5. The smallest absolute Gasteiger partial charge is 0.0666 e. The van der Waals surface area contributed by atoms with Crippen LogP contribution in [0.1, 0.15) is 45.1 Å². The van der Waals surface area contributed by atoms with Crippen LogP contribution >= 0.6 is 11.6 Å². The van der Waals surface area contributed by atoms with Crippen LogP contribution in [0.3, 0.4) is 0 Å². The van der Waals surface area contributed by atoms with E-state index >= 15 is 0 Å². The van der Waals surface area contributed by atoms with Gasteiger partial charge in [0.1, 0.15) is 0 Å². The summed E-state index contributed by atoms with van der Waals surface area (Å²) in [5.41, 5.74) is 2.76. The van der Waals surface area contributed by atoms with Gasteiger partial charge in [-0.1, -0.05) is 37.6 Å². The zero-order chi connectivity index (χ0) is 12.5. The van der Waals surface area contributed by atoms with Crippen LogP contribution in [-0.2, 0) is 0 Å². The number of aryl methyl sites for hydroxylation is 1. The molecule has 1 saturated carbocycles. The Balaban J connectivity index is 2.00. The van der Waals surface area contributed by atoms with Crippen LogP contribution in [0.25, 0.3) is 0 Å². The van der Waals surface area contributed by atoms with Gasteiger partial charge in [0, 0.05) is 6.04 Å². The molecule has 1 N–H and O–H groups in total. The molecular weight excluding hydrogens is 230 g/mol. The molecular formula is C15H22ClN. The third kappa shape index (κ3) is 3.16. The summed E-state index contributed by atoms with van der Waals surface area (Å²) in [7, 11) is 0. The topological polar surface area (TPSA) is 12.0 Å². The quantitative estimate of drug-likeness (QED) is 0.778. The number of hydrogen-bond acceptors (Lipinski definition) is 1. The van der Waals surface area contributed by atoms with Crippen molar-refractivity contribution in [2.45, 2.75) is 52.5 Å². The first kappa shape index (κ1) is 12.8. The van der Waals surface area contributed by atoms with E-state index in [-0.39, 0.29) is 0 Å². The molecule has 0 bridgehead atoms. The van der Waals surface area contributed by atoms with Crippen molar-refractivity contribution in [2.75, 3.05) is 5.32 Å². The molecule has 1 fully saturated rings. The van der Waals surface area contributed by atoms with Crippen molar-refractivity contribution >= 4 is 17.3 Å². The average Bonchev–Trinajstić information content (AvgIpc) is 2.27. The van der Waals surface area contributed by atoms with Crippen LogP contribution in [0.5, 0.6) is 0 Å². The Morgan fingerprint density at radius 1 is 1.24 bits per heavy atom. The Hall–Kier alpha value is -0.690. The van der Waals surface area contributed by atoms with Gasteiger partial charge < -0.3 is 5.32 Å². The first-order chi connectivity index (χ1) is 7.98. The van der Waals surface area contributed by atoms with Crippen LogP contribution in [-0.4, -0.2) is 6.04 Å². The zero-order valence-corrected chi connectivity index (χ0v) is 11.8. The molecule has 2 heteroatoms. The number of hydrogen-bond donors (Lipinski definition) is 1. The molecule has 2 rings (SSSR count). The summed E-state index contributed by atoms with van der Waals surface area (Å²) >= 11 is 6.31. The van der Waals surface area contributed by atoms with E-state index in [2.05, 4.69) is 44.3 Å². The summed E-state index contributed by atoms with van der Waals surface area (Å²) in [6.45, 7) is 6.78. The fraction of sp³-hybridized carbons (Fsp3) is 0.600. The third-order valence-corrected chi connectivity index (χ3v) is 4.39. The monoisotopic (exact) mass is 251 g/mol. The predicted octanol–water partition coefficient (Wildman–Crippen LogP) is 5.03. The van der Waals surface area contributed by atoms with Gasteiger partial charge in [0.25, 0.3) is 0 Å². The maximum atomic E-state index is 6.31. The molecule has 1 nitrogen and oxygen atoms in total. The van der Waals surface area contributed by atoms with E-state index in [0.29, 0.717) is 11.5 Å². The average molecular weight is 252 g/mol. The Morgan fingerprint density at radius 3 is 2.53 bits per heavy atom. The molecule has 1 aromatic rings.